The molecule has 20 heavy (non-hydrogen) atoms. The highest BCUT2D eigenvalue weighted by atomic mass is 35.5. The van der Waals surface area contributed by atoms with E-state index < -0.39 is 0 Å². The molecule has 0 bridgehead atoms. The van der Waals surface area contributed by atoms with Gasteiger partial charge in [-0.1, -0.05) is 53.1 Å². The lowest BCUT2D eigenvalue weighted by Gasteiger charge is -2.04. The van der Waals surface area contributed by atoms with Crippen molar-refractivity contribution in [3.8, 4) is 9.88 Å². The second kappa shape index (κ2) is 5.95. The van der Waals surface area contributed by atoms with Gasteiger partial charge in [0.1, 0.15) is 15.3 Å². The van der Waals surface area contributed by atoms with Crippen molar-refractivity contribution in [2.24, 2.45) is 0 Å². The highest BCUT2D eigenvalue weighted by Gasteiger charge is 2.19. The monoisotopic (exact) mass is 322 g/mol. The van der Waals surface area contributed by atoms with E-state index in [1.807, 2.05) is 30.3 Å². The van der Waals surface area contributed by atoms with Gasteiger partial charge in [0.25, 0.3) is 0 Å². The van der Waals surface area contributed by atoms with Gasteiger partial charge in [-0.3, -0.25) is 0 Å². The molecule has 0 aliphatic heterocycles. The normalized spacial score (nSPS) is 12.5. The zero-order valence-electron chi connectivity index (χ0n) is 10.7. The molecule has 3 rings (SSSR count). The zero-order chi connectivity index (χ0) is 13.9. The fraction of sp³-hybridized carbons (Fsp3) is 0.231. The molecule has 102 valence electrons. The average Bonchev–Trinajstić information content (AvgIpc) is 3.15. The predicted octanol–water partition coefficient (Wildman–Crippen LogP) is 3.95. The Morgan fingerprint density at radius 1 is 1.15 bits per heavy atom. The lowest BCUT2D eigenvalue weighted by molar-refractivity contribution is 0.976. The molecule has 2 aromatic heterocycles. The third kappa shape index (κ3) is 2.59. The number of nitrogens with zero attached hydrogens (tertiary/aromatic N) is 4. The van der Waals surface area contributed by atoms with E-state index in [9.17, 15) is 0 Å². The van der Waals surface area contributed by atoms with Gasteiger partial charge in [0.15, 0.2) is 5.01 Å². The van der Waals surface area contributed by atoms with Gasteiger partial charge in [0, 0.05) is 0 Å². The smallest absolute Gasteiger partial charge is 0.142 e. The van der Waals surface area contributed by atoms with E-state index in [2.05, 4.69) is 26.7 Å². The summed E-state index contributed by atoms with van der Waals surface area (Å²) in [6.07, 6.45) is 0.837. The van der Waals surface area contributed by atoms with Gasteiger partial charge >= 0.3 is 0 Å². The van der Waals surface area contributed by atoms with Crippen molar-refractivity contribution in [1.29, 1.82) is 0 Å². The lowest BCUT2D eigenvalue weighted by Crippen LogP contribution is -1.91. The number of benzene rings is 1. The fourth-order valence-electron chi connectivity index (χ4n) is 1.80. The molecular formula is C13H11ClN4S2. The molecule has 0 aliphatic carbocycles. The Balaban J connectivity index is 1.91. The summed E-state index contributed by atoms with van der Waals surface area (Å²) in [6, 6.07) is 9.88. The second-order valence-electron chi connectivity index (χ2n) is 4.12. The van der Waals surface area contributed by atoms with E-state index in [-0.39, 0.29) is 5.38 Å². The number of hydrogen-bond acceptors (Lipinski definition) is 6. The van der Waals surface area contributed by atoms with Crippen LogP contribution in [0.3, 0.4) is 0 Å². The highest BCUT2D eigenvalue weighted by Crippen LogP contribution is 2.35. The maximum absolute atomic E-state index is 6.46. The van der Waals surface area contributed by atoms with Crippen LogP contribution in [0.15, 0.2) is 30.3 Å². The van der Waals surface area contributed by atoms with Crippen LogP contribution in [0.1, 0.15) is 28.6 Å². The Bertz CT molecular complexity index is 695. The molecule has 1 atom stereocenters. The molecule has 0 saturated heterocycles. The van der Waals surface area contributed by atoms with Crippen LogP contribution >= 0.6 is 34.5 Å². The molecule has 3 aromatic rings. The molecular weight excluding hydrogens is 312 g/mol. The van der Waals surface area contributed by atoms with Gasteiger partial charge in [-0.05, 0) is 23.5 Å². The number of rotatable bonds is 4. The summed E-state index contributed by atoms with van der Waals surface area (Å²) in [4.78, 5) is 0.994. The van der Waals surface area contributed by atoms with Crippen LogP contribution in [-0.4, -0.2) is 19.8 Å². The average molecular weight is 323 g/mol. The number of halogens is 1. The topological polar surface area (TPSA) is 51.6 Å². The van der Waals surface area contributed by atoms with Gasteiger partial charge in [0.05, 0.1) is 5.69 Å². The van der Waals surface area contributed by atoms with Gasteiger partial charge < -0.3 is 0 Å². The van der Waals surface area contributed by atoms with Crippen molar-refractivity contribution in [2.45, 2.75) is 18.7 Å². The summed E-state index contributed by atoms with van der Waals surface area (Å²) in [5.74, 6) is 0. The number of hydrogen-bond donors (Lipinski definition) is 0. The lowest BCUT2D eigenvalue weighted by atomic mass is 10.1. The molecule has 0 radical (unpaired) electrons. The van der Waals surface area contributed by atoms with Crippen LogP contribution in [0.2, 0.25) is 0 Å². The maximum Gasteiger partial charge on any atom is 0.161 e. The summed E-state index contributed by atoms with van der Waals surface area (Å²) in [5, 5.41) is 13.9. The molecule has 1 aromatic carbocycles. The van der Waals surface area contributed by atoms with Gasteiger partial charge in [-0.15, -0.1) is 26.9 Å². The summed E-state index contributed by atoms with van der Waals surface area (Å²) < 4.78 is 3.98. The highest BCUT2D eigenvalue weighted by molar-refractivity contribution is 7.19. The summed E-state index contributed by atoms with van der Waals surface area (Å²) in [5.41, 5.74) is 1.98. The number of alkyl halides is 1. The molecule has 1 unspecified atom stereocenters. The van der Waals surface area contributed by atoms with Crippen molar-refractivity contribution < 1.29 is 0 Å². The van der Waals surface area contributed by atoms with Crippen molar-refractivity contribution in [3.63, 3.8) is 0 Å². The minimum Gasteiger partial charge on any atom is -0.142 e. The van der Waals surface area contributed by atoms with E-state index >= 15 is 0 Å². The first-order chi connectivity index (χ1) is 9.79. The molecule has 7 heteroatoms. The first-order valence-electron chi connectivity index (χ1n) is 6.13. The second-order valence-corrected chi connectivity index (χ2v) is 6.32. The Hall–Kier alpha value is -1.37. The number of aryl methyl sites for hydroxylation is 1. The van der Waals surface area contributed by atoms with Crippen LogP contribution in [0.25, 0.3) is 9.88 Å². The minimum absolute atomic E-state index is 0.270. The summed E-state index contributed by atoms with van der Waals surface area (Å²) in [6.45, 7) is 2.05. The van der Waals surface area contributed by atoms with Gasteiger partial charge in [-0.2, -0.15) is 0 Å². The third-order valence-corrected chi connectivity index (χ3v) is 5.33. The molecule has 0 N–H and O–H groups in total. The molecule has 2 heterocycles. The molecule has 0 spiro atoms. The third-order valence-electron chi connectivity index (χ3n) is 2.83. The van der Waals surface area contributed by atoms with Gasteiger partial charge in [0.2, 0.25) is 0 Å². The van der Waals surface area contributed by atoms with Crippen molar-refractivity contribution in [3.05, 3.63) is 46.6 Å². The molecule has 0 fully saturated rings. The molecule has 4 nitrogen and oxygen atoms in total. The SMILES string of the molecule is CCc1nnsc1-c1nnc(C(Cl)c2ccccc2)s1. The molecule has 0 amide bonds. The minimum atomic E-state index is -0.270. The number of aromatic nitrogens is 4. The van der Waals surface area contributed by atoms with Crippen LogP contribution < -0.4 is 0 Å². The zero-order valence-corrected chi connectivity index (χ0v) is 13.0. The van der Waals surface area contributed by atoms with E-state index in [4.69, 9.17) is 11.6 Å². The Labute approximate surface area is 129 Å². The molecule has 0 aliphatic rings. The molecule has 0 saturated carbocycles. The fourth-order valence-corrected chi connectivity index (χ4v) is 3.80. The summed E-state index contributed by atoms with van der Waals surface area (Å²) >= 11 is 9.31. The summed E-state index contributed by atoms with van der Waals surface area (Å²) in [7, 11) is 0. The Morgan fingerprint density at radius 2 is 1.95 bits per heavy atom. The van der Waals surface area contributed by atoms with E-state index in [0.717, 1.165) is 32.6 Å². The van der Waals surface area contributed by atoms with E-state index in [0.29, 0.717) is 0 Å². The Morgan fingerprint density at radius 3 is 2.70 bits per heavy atom. The Kier molecular flexibility index (Phi) is 4.05. The quantitative estimate of drug-likeness (QED) is 0.682. The predicted molar refractivity (Wildman–Crippen MR) is 82.3 cm³/mol. The first-order valence-corrected chi connectivity index (χ1v) is 8.16. The van der Waals surface area contributed by atoms with Crippen molar-refractivity contribution in [1.82, 2.24) is 19.8 Å². The van der Waals surface area contributed by atoms with Crippen LogP contribution in [0, 0.1) is 0 Å². The van der Waals surface area contributed by atoms with Crippen molar-refractivity contribution in [2.75, 3.05) is 0 Å². The standard InChI is InChI=1S/C13H11ClN4S2/c1-2-9-11(20-18-15-9)13-17-16-12(19-13)10(14)8-6-4-3-5-7-8/h3-7,10H,2H2,1H3. The van der Waals surface area contributed by atoms with E-state index in [1.165, 1.54) is 22.9 Å². The van der Waals surface area contributed by atoms with Gasteiger partial charge in [-0.25, -0.2) is 0 Å². The van der Waals surface area contributed by atoms with E-state index in [1.54, 1.807) is 0 Å². The largest absolute Gasteiger partial charge is 0.161 e. The maximum atomic E-state index is 6.46. The van der Waals surface area contributed by atoms with Crippen LogP contribution in [0.4, 0.5) is 0 Å². The first kappa shape index (κ1) is 13.6. The van der Waals surface area contributed by atoms with Crippen LogP contribution in [-0.2, 0) is 6.42 Å². The van der Waals surface area contributed by atoms with Crippen LogP contribution in [0.5, 0.6) is 0 Å². The van der Waals surface area contributed by atoms with Crippen molar-refractivity contribution >= 4 is 34.5 Å².